The minimum Gasteiger partial charge on any atom is -0.365 e. The van der Waals surface area contributed by atoms with Crippen LogP contribution in [0.2, 0.25) is 0 Å². The van der Waals surface area contributed by atoms with Gasteiger partial charge in [-0.15, -0.1) is 0 Å². The number of benzene rings is 1. The summed E-state index contributed by atoms with van der Waals surface area (Å²) in [6.45, 7) is 10.4. The summed E-state index contributed by atoms with van der Waals surface area (Å²) in [6.07, 6.45) is 0.183. The maximum Gasteiger partial charge on any atom is 0.0957 e. The molecule has 1 N–H and O–H groups in total. The molecule has 1 heterocycles. The van der Waals surface area contributed by atoms with Gasteiger partial charge in [0.05, 0.1) is 11.7 Å². The molecule has 2 heteroatoms. The first-order valence-corrected chi connectivity index (χ1v) is 5.94. The molecule has 2 nitrogen and oxygen atoms in total. The van der Waals surface area contributed by atoms with Crippen LogP contribution in [-0.4, -0.2) is 18.7 Å². The smallest absolute Gasteiger partial charge is 0.0957 e. The van der Waals surface area contributed by atoms with E-state index in [1.165, 1.54) is 16.7 Å². The van der Waals surface area contributed by atoms with Crippen molar-refractivity contribution >= 4 is 0 Å². The van der Waals surface area contributed by atoms with Gasteiger partial charge in [0.25, 0.3) is 0 Å². The lowest BCUT2D eigenvalue weighted by molar-refractivity contribution is -0.0958. The van der Waals surface area contributed by atoms with Crippen LogP contribution in [0.25, 0.3) is 0 Å². The van der Waals surface area contributed by atoms with Crippen molar-refractivity contribution < 1.29 is 4.74 Å². The topological polar surface area (TPSA) is 21.3 Å². The number of hydrogen-bond donors (Lipinski definition) is 1. The van der Waals surface area contributed by atoms with E-state index >= 15 is 0 Å². The molecule has 1 aliphatic rings. The average Bonchev–Trinajstić information content (AvgIpc) is 2.20. The molecule has 0 aliphatic carbocycles. The largest absolute Gasteiger partial charge is 0.365 e. The molecule has 16 heavy (non-hydrogen) atoms. The van der Waals surface area contributed by atoms with Gasteiger partial charge in [-0.3, -0.25) is 0 Å². The van der Waals surface area contributed by atoms with E-state index in [0.717, 1.165) is 13.1 Å². The first-order valence-electron chi connectivity index (χ1n) is 5.94. The highest BCUT2D eigenvalue weighted by Crippen LogP contribution is 2.27. The van der Waals surface area contributed by atoms with Gasteiger partial charge in [-0.25, -0.2) is 0 Å². The van der Waals surface area contributed by atoms with Crippen molar-refractivity contribution in [3.8, 4) is 0 Å². The molecule has 0 aromatic heterocycles. The number of aryl methyl sites for hydroxylation is 2. The Morgan fingerprint density at radius 3 is 2.62 bits per heavy atom. The van der Waals surface area contributed by atoms with Crippen LogP contribution in [-0.2, 0) is 4.74 Å². The van der Waals surface area contributed by atoms with Gasteiger partial charge in [-0.2, -0.15) is 0 Å². The highest BCUT2D eigenvalue weighted by molar-refractivity contribution is 5.31. The van der Waals surface area contributed by atoms with Crippen LogP contribution in [0.1, 0.15) is 36.6 Å². The van der Waals surface area contributed by atoms with Gasteiger partial charge in [0.15, 0.2) is 0 Å². The van der Waals surface area contributed by atoms with Crippen molar-refractivity contribution in [3.05, 3.63) is 34.9 Å². The van der Waals surface area contributed by atoms with E-state index in [0.29, 0.717) is 0 Å². The normalized spacial score (nSPS) is 24.4. The number of rotatable bonds is 1. The number of hydrogen-bond acceptors (Lipinski definition) is 2. The molecule has 2 rings (SSSR count). The van der Waals surface area contributed by atoms with Crippen LogP contribution in [0.4, 0.5) is 0 Å². The third kappa shape index (κ3) is 2.45. The van der Waals surface area contributed by atoms with Gasteiger partial charge < -0.3 is 10.1 Å². The van der Waals surface area contributed by atoms with Gasteiger partial charge in [-0.05, 0) is 44.4 Å². The number of ether oxygens (including phenoxy) is 1. The Morgan fingerprint density at radius 2 is 2.00 bits per heavy atom. The van der Waals surface area contributed by atoms with Crippen LogP contribution in [0, 0.1) is 13.8 Å². The molecule has 0 saturated carbocycles. The Hall–Kier alpha value is -0.860. The summed E-state index contributed by atoms with van der Waals surface area (Å²) < 4.78 is 6.09. The summed E-state index contributed by atoms with van der Waals surface area (Å²) in [7, 11) is 0. The zero-order chi connectivity index (χ0) is 11.8. The van der Waals surface area contributed by atoms with Crippen molar-refractivity contribution in [1.29, 1.82) is 0 Å². The van der Waals surface area contributed by atoms with E-state index in [4.69, 9.17) is 4.74 Å². The van der Waals surface area contributed by atoms with Crippen LogP contribution in [0.15, 0.2) is 18.2 Å². The Balaban J connectivity index is 2.20. The van der Waals surface area contributed by atoms with Crippen molar-refractivity contribution in [2.75, 3.05) is 13.1 Å². The summed E-state index contributed by atoms with van der Waals surface area (Å²) in [6, 6.07) is 6.59. The molecule has 88 valence electrons. The minimum absolute atomic E-state index is 0.0678. The molecule has 1 aromatic rings. The predicted molar refractivity (Wildman–Crippen MR) is 66.7 cm³/mol. The predicted octanol–water partition coefficient (Wildman–Crippen LogP) is 2.74. The maximum atomic E-state index is 6.09. The highest BCUT2D eigenvalue weighted by atomic mass is 16.5. The second kappa shape index (κ2) is 4.19. The second-order valence-electron chi connectivity index (χ2n) is 5.34. The van der Waals surface area contributed by atoms with Gasteiger partial charge in [0.2, 0.25) is 0 Å². The quantitative estimate of drug-likeness (QED) is 0.784. The lowest BCUT2D eigenvalue weighted by Crippen LogP contribution is -2.46. The van der Waals surface area contributed by atoms with Crippen LogP contribution in [0.5, 0.6) is 0 Å². The van der Waals surface area contributed by atoms with E-state index in [9.17, 15) is 0 Å². The van der Waals surface area contributed by atoms with E-state index in [1.54, 1.807) is 0 Å². The summed E-state index contributed by atoms with van der Waals surface area (Å²) >= 11 is 0. The molecule has 1 atom stereocenters. The first kappa shape index (κ1) is 11.6. The Labute approximate surface area is 98.0 Å². The van der Waals surface area contributed by atoms with Gasteiger partial charge >= 0.3 is 0 Å². The molecule has 1 saturated heterocycles. The molecule has 1 unspecified atom stereocenters. The van der Waals surface area contributed by atoms with Crippen molar-refractivity contribution in [2.24, 2.45) is 0 Å². The van der Waals surface area contributed by atoms with E-state index in [2.05, 4.69) is 51.2 Å². The molecule has 1 aromatic carbocycles. The molecular formula is C14H21NO. The molecular weight excluding hydrogens is 198 g/mol. The van der Waals surface area contributed by atoms with Crippen molar-refractivity contribution in [3.63, 3.8) is 0 Å². The summed E-state index contributed by atoms with van der Waals surface area (Å²) in [5, 5.41) is 3.43. The Morgan fingerprint density at radius 1 is 1.25 bits per heavy atom. The summed E-state index contributed by atoms with van der Waals surface area (Å²) in [4.78, 5) is 0. The fourth-order valence-corrected chi connectivity index (χ4v) is 2.12. The number of morpholine rings is 1. The zero-order valence-corrected chi connectivity index (χ0v) is 10.6. The SMILES string of the molecule is Cc1ccc(C2CNCC(C)(C)O2)cc1C. The van der Waals surface area contributed by atoms with Crippen LogP contribution >= 0.6 is 0 Å². The molecule has 0 spiro atoms. The molecule has 0 amide bonds. The van der Waals surface area contributed by atoms with Gasteiger partial charge in [-0.1, -0.05) is 18.2 Å². The van der Waals surface area contributed by atoms with E-state index < -0.39 is 0 Å². The lowest BCUT2D eigenvalue weighted by Gasteiger charge is -2.37. The monoisotopic (exact) mass is 219 g/mol. The highest BCUT2D eigenvalue weighted by Gasteiger charge is 2.29. The first-order chi connectivity index (χ1) is 7.48. The maximum absolute atomic E-state index is 6.09. The molecule has 0 radical (unpaired) electrons. The van der Waals surface area contributed by atoms with Crippen molar-refractivity contribution in [1.82, 2.24) is 5.32 Å². The number of nitrogens with one attached hydrogen (secondary N) is 1. The third-order valence-corrected chi connectivity index (χ3v) is 3.24. The van der Waals surface area contributed by atoms with E-state index in [1.807, 2.05) is 0 Å². The fraction of sp³-hybridized carbons (Fsp3) is 0.571. The zero-order valence-electron chi connectivity index (χ0n) is 10.6. The Bertz CT molecular complexity index is 384. The fourth-order valence-electron chi connectivity index (χ4n) is 2.12. The van der Waals surface area contributed by atoms with Gasteiger partial charge in [0, 0.05) is 13.1 Å². The van der Waals surface area contributed by atoms with Crippen molar-refractivity contribution in [2.45, 2.75) is 39.4 Å². The average molecular weight is 219 g/mol. The lowest BCUT2D eigenvalue weighted by atomic mass is 9.99. The van der Waals surface area contributed by atoms with Crippen LogP contribution in [0.3, 0.4) is 0 Å². The molecule has 1 aliphatic heterocycles. The second-order valence-corrected chi connectivity index (χ2v) is 5.34. The van der Waals surface area contributed by atoms with Gasteiger partial charge in [0.1, 0.15) is 0 Å². The third-order valence-electron chi connectivity index (χ3n) is 3.24. The molecule has 0 bridgehead atoms. The minimum atomic E-state index is -0.0678. The van der Waals surface area contributed by atoms with E-state index in [-0.39, 0.29) is 11.7 Å². The van der Waals surface area contributed by atoms with Crippen LogP contribution < -0.4 is 5.32 Å². The summed E-state index contributed by atoms with van der Waals surface area (Å²) in [5.74, 6) is 0. The Kier molecular flexibility index (Phi) is 3.04. The summed E-state index contributed by atoms with van der Waals surface area (Å²) in [5.41, 5.74) is 3.89. The molecule has 1 fully saturated rings. The standard InChI is InChI=1S/C14H21NO/c1-10-5-6-12(7-11(10)2)13-8-15-9-14(3,4)16-13/h5-7,13,15H,8-9H2,1-4H3.